The molecular formula is C28H24FN5O3. The monoisotopic (exact) mass is 497 g/mol. The van der Waals surface area contributed by atoms with Crippen LogP contribution in [0, 0.1) is 11.2 Å². The van der Waals surface area contributed by atoms with Crippen molar-refractivity contribution in [1.29, 1.82) is 5.41 Å². The highest BCUT2D eigenvalue weighted by Crippen LogP contribution is 2.29. The Balaban J connectivity index is 1.55. The molecule has 37 heavy (non-hydrogen) atoms. The molecule has 3 N–H and O–H groups in total. The molecule has 9 heteroatoms. The van der Waals surface area contributed by atoms with Crippen LogP contribution < -0.4 is 15.4 Å². The van der Waals surface area contributed by atoms with Gasteiger partial charge in [-0.3, -0.25) is 10.2 Å². The van der Waals surface area contributed by atoms with E-state index < -0.39 is 11.7 Å². The van der Waals surface area contributed by atoms with E-state index >= 15 is 4.39 Å². The van der Waals surface area contributed by atoms with Crippen LogP contribution in [0.15, 0.2) is 109 Å². The first-order chi connectivity index (χ1) is 17.9. The Hall–Kier alpha value is -5.05. The van der Waals surface area contributed by atoms with Gasteiger partial charge in [0.25, 0.3) is 5.91 Å². The van der Waals surface area contributed by atoms with Crippen molar-refractivity contribution in [3.63, 3.8) is 0 Å². The third kappa shape index (κ3) is 5.96. The molecule has 186 valence electrons. The average molecular weight is 498 g/mol. The maximum Gasteiger partial charge on any atom is 0.261 e. The number of carbonyl (C=O) groups is 1. The lowest BCUT2D eigenvalue weighted by Gasteiger charge is -2.17. The summed E-state index contributed by atoms with van der Waals surface area (Å²) in [6, 6.07) is 13.2. The van der Waals surface area contributed by atoms with Crippen molar-refractivity contribution in [2.75, 3.05) is 17.7 Å². The van der Waals surface area contributed by atoms with E-state index in [1.165, 1.54) is 37.8 Å². The number of para-hydroxylation sites is 1. The summed E-state index contributed by atoms with van der Waals surface area (Å²) in [6.45, 7) is 5.62. The van der Waals surface area contributed by atoms with E-state index in [-0.39, 0.29) is 28.6 Å². The lowest BCUT2D eigenvalue weighted by Crippen LogP contribution is -2.15. The van der Waals surface area contributed by atoms with Crippen molar-refractivity contribution >= 4 is 28.8 Å². The molecule has 1 heterocycles. The van der Waals surface area contributed by atoms with E-state index in [0.717, 1.165) is 0 Å². The SMILES string of the molecule is C=C(C)/C(Oc1ccc(Nc2ncncc2C(=O)Nc2ccccc2)cc1F)=C1/C=CC(OC)=CC1=N. The minimum absolute atomic E-state index is 0.0523. The maximum absolute atomic E-state index is 15.1. The Bertz CT molecular complexity index is 1460. The van der Waals surface area contributed by atoms with Gasteiger partial charge in [0.1, 0.15) is 29.2 Å². The second kappa shape index (κ2) is 11.1. The van der Waals surface area contributed by atoms with Crippen molar-refractivity contribution in [1.82, 2.24) is 9.97 Å². The Labute approximate surface area is 213 Å². The van der Waals surface area contributed by atoms with Crippen molar-refractivity contribution < 1.29 is 18.7 Å². The standard InChI is InChI=1S/C28H24FN5O3/c1-17(2)26(21-11-10-20(36-3)14-24(21)30)37-25-12-9-19(13-23(25)29)33-27-22(15-31-16-32-27)28(35)34-18-7-5-4-6-8-18/h4-16,30H,1H2,2-3H3,(H,34,35)(H,31,32,33)/b26-21+,30-24?. The smallest absolute Gasteiger partial charge is 0.261 e. The summed E-state index contributed by atoms with van der Waals surface area (Å²) in [5, 5.41) is 14.0. The number of nitrogens with one attached hydrogen (secondary N) is 3. The third-order valence-electron chi connectivity index (χ3n) is 5.25. The zero-order valence-electron chi connectivity index (χ0n) is 20.2. The van der Waals surface area contributed by atoms with E-state index in [1.807, 2.05) is 6.07 Å². The summed E-state index contributed by atoms with van der Waals surface area (Å²) in [6.07, 6.45) is 7.56. The first-order valence-electron chi connectivity index (χ1n) is 11.2. The molecule has 1 amide bonds. The van der Waals surface area contributed by atoms with Gasteiger partial charge in [0.15, 0.2) is 11.6 Å². The molecule has 1 aliphatic rings. The lowest BCUT2D eigenvalue weighted by atomic mass is 10.0. The minimum atomic E-state index is -0.659. The number of anilines is 3. The van der Waals surface area contributed by atoms with Crippen molar-refractivity contribution in [2.45, 2.75) is 6.92 Å². The highest BCUT2D eigenvalue weighted by molar-refractivity contribution is 6.10. The van der Waals surface area contributed by atoms with E-state index in [4.69, 9.17) is 14.9 Å². The van der Waals surface area contributed by atoms with Gasteiger partial charge in [0, 0.05) is 35.3 Å². The van der Waals surface area contributed by atoms with Gasteiger partial charge < -0.3 is 20.1 Å². The van der Waals surface area contributed by atoms with E-state index in [2.05, 4.69) is 27.2 Å². The number of nitrogens with zero attached hydrogens (tertiary/aromatic N) is 2. The molecule has 3 aromatic rings. The van der Waals surface area contributed by atoms with Crippen LogP contribution >= 0.6 is 0 Å². The van der Waals surface area contributed by atoms with Gasteiger partial charge in [0.05, 0.1) is 12.8 Å². The number of methoxy groups -OCH3 is 1. The number of carbonyl (C=O) groups excluding carboxylic acids is 1. The number of halogens is 1. The molecule has 0 radical (unpaired) electrons. The molecule has 0 atom stereocenters. The largest absolute Gasteiger partial charge is 0.497 e. The summed E-state index contributed by atoms with van der Waals surface area (Å²) < 4.78 is 26.1. The molecule has 0 unspecified atom stereocenters. The third-order valence-corrected chi connectivity index (χ3v) is 5.25. The Morgan fingerprint density at radius 1 is 1.11 bits per heavy atom. The highest BCUT2D eigenvalue weighted by atomic mass is 19.1. The second-order valence-corrected chi connectivity index (χ2v) is 8.00. The van der Waals surface area contributed by atoms with E-state index in [1.54, 1.807) is 49.4 Å². The summed E-state index contributed by atoms with van der Waals surface area (Å²) in [5.74, 6) is -0.124. The van der Waals surface area contributed by atoms with Crippen molar-refractivity contribution in [3.8, 4) is 5.75 Å². The molecule has 1 aromatic heterocycles. The molecular weight excluding hydrogens is 473 g/mol. The number of benzene rings is 2. The first kappa shape index (κ1) is 25.1. The average Bonchev–Trinajstić information content (AvgIpc) is 2.89. The zero-order chi connectivity index (χ0) is 26.4. The number of ether oxygens (including phenoxy) is 2. The van der Waals surface area contributed by atoms with Crippen molar-refractivity contribution in [2.24, 2.45) is 0 Å². The quantitative estimate of drug-likeness (QED) is 0.332. The number of allylic oxidation sites excluding steroid dienone is 5. The second-order valence-electron chi connectivity index (χ2n) is 8.00. The van der Waals surface area contributed by atoms with Crippen LogP contribution in [0.4, 0.5) is 21.6 Å². The van der Waals surface area contributed by atoms with Crippen molar-refractivity contribution in [3.05, 3.63) is 120 Å². The molecule has 0 fully saturated rings. The number of hydrogen-bond donors (Lipinski definition) is 3. The summed E-state index contributed by atoms with van der Waals surface area (Å²) in [7, 11) is 1.51. The lowest BCUT2D eigenvalue weighted by molar-refractivity contribution is 0.102. The predicted molar refractivity (Wildman–Crippen MR) is 141 cm³/mol. The molecule has 2 aromatic carbocycles. The summed E-state index contributed by atoms with van der Waals surface area (Å²) >= 11 is 0. The molecule has 1 aliphatic carbocycles. The van der Waals surface area contributed by atoms with Crippen LogP contribution in [0.1, 0.15) is 17.3 Å². The van der Waals surface area contributed by atoms with Crippen LogP contribution in [0.3, 0.4) is 0 Å². The number of amides is 1. The van der Waals surface area contributed by atoms with Crippen LogP contribution in [0.5, 0.6) is 5.75 Å². The predicted octanol–water partition coefficient (Wildman–Crippen LogP) is 5.94. The van der Waals surface area contributed by atoms with Gasteiger partial charge in [0.2, 0.25) is 0 Å². The Morgan fingerprint density at radius 3 is 2.57 bits per heavy atom. The number of hydrogen-bond acceptors (Lipinski definition) is 7. The Morgan fingerprint density at radius 2 is 1.89 bits per heavy atom. The molecule has 0 aliphatic heterocycles. The van der Waals surface area contributed by atoms with Gasteiger partial charge in [-0.05, 0) is 48.9 Å². The van der Waals surface area contributed by atoms with Gasteiger partial charge in [-0.1, -0.05) is 24.8 Å². The van der Waals surface area contributed by atoms with Crippen LogP contribution in [-0.2, 0) is 4.74 Å². The first-order valence-corrected chi connectivity index (χ1v) is 11.2. The molecule has 0 spiro atoms. The van der Waals surface area contributed by atoms with Gasteiger partial charge in [-0.2, -0.15) is 0 Å². The number of rotatable bonds is 8. The van der Waals surface area contributed by atoms with E-state index in [9.17, 15) is 4.79 Å². The number of aromatic nitrogens is 2. The highest BCUT2D eigenvalue weighted by Gasteiger charge is 2.18. The fraction of sp³-hybridized carbons (Fsp3) is 0.0714. The molecule has 4 rings (SSSR count). The molecule has 0 saturated carbocycles. The van der Waals surface area contributed by atoms with E-state index in [0.29, 0.717) is 28.3 Å². The van der Waals surface area contributed by atoms with Gasteiger partial charge in [-0.15, -0.1) is 0 Å². The summed E-state index contributed by atoms with van der Waals surface area (Å²) in [4.78, 5) is 20.9. The van der Waals surface area contributed by atoms with Gasteiger partial charge >= 0.3 is 0 Å². The molecule has 8 nitrogen and oxygen atoms in total. The minimum Gasteiger partial charge on any atom is -0.497 e. The van der Waals surface area contributed by atoms with Crippen LogP contribution in [-0.4, -0.2) is 28.7 Å². The van der Waals surface area contributed by atoms with Crippen LogP contribution in [0.25, 0.3) is 0 Å². The molecule has 0 bridgehead atoms. The van der Waals surface area contributed by atoms with Crippen LogP contribution in [0.2, 0.25) is 0 Å². The normalized spacial score (nSPS) is 13.9. The molecule has 0 saturated heterocycles. The Kier molecular flexibility index (Phi) is 7.53. The topological polar surface area (TPSA) is 109 Å². The maximum atomic E-state index is 15.1. The fourth-order valence-electron chi connectivity index (χ4n) is 3.44. The summed E-state index contributed by atoms with van der Waals surface area (Å²) in [5.41, 5.74) is 2.28. The zero-order valence-corrected chi connectivity index (χ0v) is 20.2. The van der Waals surface area contributed by atoms with Gasteiger partial charge in [-0.25, -0.2) is 14.4 Å². The fourth-order valence-corrected chi connectivity index (χ4v) is 3.44.